The number of hydrogen-bond acceptors (Lipinski definition) is 9. The molecule has 10 heteroatoms. The maximum atomic E-state index is 12.3. The Hall–Kier alpha value is -2.46. The fourth-order valence-corrected chi connectivity index (χ4v) is 6.47. The molecule has 0 saturated carbocycles. The van der Waals surface area contributed by atoms with Crippen LogP contribution in [0.4, 0.5) is 0 Å². The van der Waals surface area contributed by atoms with E-state index in [4.69, 9.17) is 14.2 Å². The van der Waals surface area contributed by atoms with Gasteiger partial charge in [-0.3, -0.25) is 14.4 Å². The molecule has 0 rings (SSSR count). The average molecular weight is 783 g/mol. The van der Waals surface area contributed by atoms with Gasteiger partial charge in [0.15, 0.2) is 5.60 Å². The standard InChI is InChI=1S/C45H82O10/c1-3-5-7-9-11-13-15-17-19-21-23-25-27-29-31-33-35-53-42(48)36-45(52,44(50)51)37-43(49)55-39-40(46)38-54-41(47)34-32-30-28-26-24-22-20-18-16-14-12-10-8-6-4-2/h18,20,40,46,52H,3-17,19,21-39H2,1-2H3,(H,50,51)/b20-18+. The van der Waals surface area contributed by atoms with E-state index in [1.165, 1.54) is 116 Å². The van der Waals surface area contributed by atoms with E-state index in [-0.39, 0.29) is 19.6 Å². The number of hydrogen-bond donors (Lipinski definition) is 3. The van der Waals surface area contributed by atoms with Crippen LogP contribution in [0.2, 0.25) is 0 Å². The number of unbranched alkanes of at least 4 members (excludes halogenated alkanes) is 26. The molecule has 0 spiro atoms. The highest BCUT2D eigenvalue weighted by Gasteiger charge is 2.42. The number of carbonyl (C=O) groups is 4. The molecule has 10 nitrogen and oxygen atoms in total. The van der Waals surface area contributed by atoms with Gasteiger partial charge in [-0.05, 0) is 38.5 Å². The number of ether oxygens (including phenoxy) is 3. The van der Waals surface area contributed by atoms with Gasteiger partial charge >= 0.3 is 23.9 Å². The van der Waals surface area contributed by atoms with Crippen LogP contribution in [0.15, 0.2) is 12.2 Å². The Morgan fingerprint density at radius 1 is 0.491 bits per heavy atom. The van der Waals surface area contributed by atoms with Crippen LogP contribution in [0.25, 0.3) is 0 Å². The summed E-state index contributed by atoms with van der Waals surface area (Å²) in [5.41, 5.74) is -2.70. The smallest absolute Gasteiger partial charge is 0.336 e. The number of aliphatic carboxylic acids is 1. The first-order valence-electron chi connectivity index (χ1n) is 22.4. The molecule has 0 saturated heterocycles. The van der Waals surface area contributed by atoms with E-state index in [0.29, 0.717) is 12.8 Å². The largest absolute Gasteiger partial charge is 0.479 e. The summed E-state index contributed by atoms with van der Waals surface area (Å²) >= 11 is 0. The molecule has 0 aromatic carbocycles. The molecular formula is C45H82O10. The third-order valence-corrected chi connectivity index (χ3v) is 10.0. The zero-order valence-corrected chi connectivity index (χ0v) is 35.2. The van der Waals surface area contributed by atoms with E-state index in [2.05, 4.69) is 26.0 Å². The van der Waals surface area contributed by atoms with E-state index in [1.54, 1.807) is 0 Å². The number of aliphatic hydroxyl groups is 2. The van der Waals surface area contributed by atoms with Crippen molar-refractivity contribution >= 4 is 23.9 Å². The van der Waals surface area contributed by atoms with Gasteiger partial charge in [-0.1, -0.05) is 174 Å². The summed E-state index contributed by atoms with van der Waals surface area (Å²) in [6.07, 6.45) is 36.1. The van der Waals surface area contributed by atoms with Gasteiger partial charge in [0.2, 0.25) is 0 Å². The van der Waals surface area contributed by atoms with Crippen molar-refractivity contribution in [2.24, 2.45) is 0 Å². The number of esters is 3. The minimum atomic E-state index is -2.70. The van der Waals surface area contributed by atoms with Crippen LogP contribution in [0.3, 0.4) is 0 Å². The van der Waals surface area contributed by atoms with Crippen LogP contribution in [0.5, 0.6) is 0 Å². The van der Waals surface area contributed by atoms with Gasteiger partial charge in [-0.15, -0.1) is 0 Å². The molecule has 322 valence electrons. The summed E-state index contributed by atoms with van der Waals surface area (Å²) in [5, 5.41) is 30.1. The van der Waals surface area contributed by atoms with Crippen molar-refractivity contribution in [3.05, 3.63) is 12.2 Å². The van der Waals surface area contributed by atoms with Crippen molar-refractivity contribution in [1.82, 2.24) is 0 Å². The zero-order valence-electron chi connectivity index (χ0n) is 35.2. The number of rotatable bonds is 41. The molecule has 2 atom stereocenters. The van der Waals surface area contributed by atoms with E-state index in [1.807, 2.05) is 0 Å². The molecule has 0 aliphatic rings. The van der Waals surface area contributed by atoms with Crippen LogP contribution in [-0.4, -0.2) is 70.7 Å². The summed E-state index contributed by atoms with van der Waals surface area (Å²) in [4.78, 5) is 48.3. The lowest BCUT2D eigenvalue weighted by Crippen LogP contribution is -2.43. The lowest BCUT2D eigenvalue weighted by Gasteiger charge is -2.22. The predicted molar refractivity (Wildman–Crippen MR) is 220 cm³/mol. The maximum Gasteiger partial charge on any atom is 0.336 e. The molecule has 0 heterocycles. The number of carboxylic acid groups (broad SMARTS) is 1. The molecule has 0 amide bonds. The Morgan fingerprint density at radius 2 is 0.836 bits per heavy atom. The van der Waals surface area contributed by atoms with Gasteiger partial charge in [0.1, 0.15) is 19.3 Å². The second-order valence-corrected chi connectivity index (χ2v) is 15.6. The van der Waals surface area contributed by atoms with Crippen LogP contribution < -0.4 is 0 Å². The van der Waals surface area contributed by atoms with Gasteiger partial charge in [0, 0.05) is 6.42 Å². The molecule has 0 fully saturated rings. The van der Waals surface area contributed by atoms with E-state index >= 15 is 0 Å². The SMILES string of the molecule is CCCCCCCC/C=C/CCCCCCCC(=O)OCC(O)COC(=O)CC(O)(CC(=O)OCCCCCCCCCCCCCCCCCC)C(=O)O. The maximum absolute atomic E-state index is 12.3. The topological polar surface area (TPSA) is 157 Å². The number of carboxylic acids is 1. The van der Waals surface area contributed by atoms with Crippen molar-refractivity contribution in [3.63, 3.8) is 0 Å². The summed E-state index contributed by atoms with van der Waals surface area (Å²) in [6, 6.07) is 0. The Bertz CT molecular complexity index is 967. The number of allylic oxidation sites excluding steroid dienone is 2. The summed E-state index contributed by atoms with van der Waals surface area (Å²) in [7, 11) is 0. The first-order valence-corrected chi connectivity index (χ1v) is 22.4. The lowest BCUT2D eigenvalue weighted by atomic mass is 9.96. The molecule has 3 N–H and O–H groups in total. The van der Waals surface area contributed by atoms with Crippen molar-refractivity contribution in [3.8, 4) is 0 Å². The number of aliphatic hydroxyl groups excluding tert-OH is 1. The Morgan fingerprint density at radius 3 is 1.25 bits per heavy atom. The molecule has 0 aromatic heterocycles. The molecule has 2 unspecified atom stereocenters. The molecular weight excluding hydrogens is 700 g/mol. The summed E-state index contributed by atoms with van der Waals surface area (Å²) < 4.78 is 15.1. The molecule has 0 bridgehead atoms. The Kier molecular flexibility index (Phi) is 36.7. The predicted octanol–water partition coefficient (Wildman–Crippen LogP) is 10.9. The van der Waals surface area contributed by atoms with E-state index in [9.17, 15) is 34.5 Å². The molecule has 0 aliphatic heterocycles. The highest BCUT2D eigenvalue weighted by Crippen LogP contribution is 2.19. The van der Waals surface area contributed by atoms with Gasteiger partial charge in [0.05, 0.1) is 19.4 Å². The zero-order chi connectivity index (χ0) is 40.7. The monoisotopic (exact) mass is 783 g/mol. The van der Waals surface area contributed by atoms with E-state index in [0.717, 1.165) is 57.8 Å². The molecule has 55 heavy (non-hydrogen) atoms. The highest BCUT2D eigenvalue weighted by molar-refractivity contribution is 5.89. The number of carbonyl (C=O) groups excluding carboxylic acids is 3. The molecule has 0 radical (unpaired) electrons. The van der Waals surface area contributed by atoms with Crippen molar-refractivity contribution < 1.29 is 48.7 Å². The highest BCUT2D eigenvalue weighted by atomic mass is 16.6. The van der Waals surface area contributed by atoms with Crippen LogP contribution in [0, 0.1) is 0 Å². The minimum Gasteiger partial charge on any atom is -0.479 e. The third kappa shape index (κ3) is 35.7. The normalized spacial score (nSPS) is 13.1. The first kappa shape index (κ1) is 52.5. The fourth-order valence-electron chi connectivity index (χ4n) is 6.47. The second kappa shape index (κ2) is 38.4. The lowest BCUT2D eigenvalue weighted by molar-refractivity contribution is -0.174. The van der Waals surface area contributed by atoms with Gasteiger partial charge in [-0.25, -0.2) is 4.79 Å². The quantitative estimate of drug-likeness (QED) is 0.0236. The fraction of sp³-hybridized carbons (Fsp3) is 0.867. The third-order valence-electron chi connectivity index (χ3n) is 10.0. The van der Waals surface area contributed by atoms with Crippen molar-refractivity contribution in [2.75, 3.05) is 19.8 Å². The molecule has 0 aromatic rings. The van der Waals surface area contributed by atoms with Crippen molar-refractivity contribution in [1.29, 1.82) is 0 Å². The first-order chi connectivity index (χ1) is 26.6. The Balaban J connectivity index is 3.90. The van der Waals surface area contributed by atoms with Gasteiger partial charge < -0.3 is 29.5 Å². The summed E-state index contributed by atoms with van der Waals surface area (Å²) in [6.45, 7) is 3.65. The van der Waals surface area contributed by atoms with Gasteiger partial charge in [-0.2, -0.15) is 0 Å². The average Bonchev–Trinajstić information content (AvgIpc) is 3.15. The van der Waals surface area contributed by atoms with Crippen LogP contribution in [-0.2, 0) is 33.4 Å². The van der Waals surface area contributed by atoms with Crippen LogP contribution in [0.1, 0.15) is 219 Å². The Labute approximate surface area is 334 Å². The summed E-state index contributed by atoms with van der Waals surface area (Å²) in [5.74, 6) is -4.25. The second-order valence-electron chi connectivity index (χ2n) is 15.6. The minimum absolute atomic E-state index is 0.111. The van der Waals surface area contributed by atoms with Crippen LogP contribution >= 0.6 is 0 Å². The van der Waals surface area contributed by atoms with Gasteiger partial charge in [0.25, 0.3) is 0 Å². The van der Waals surface area contributed by atoms with E-state index < -0.39 is 55.0 Å². The van der Waals surface area contributed by atoms with Crippen molar-refractivity contribution in [2.45, 2.75) is 231 Å². The molecule has 0 aliphatic carbocycles.